The van der Waals surface area contributed by atoms with E-state index in [0.29, 0.717) is 18.8 Å². The van der Waals surface area contributed by atoms with Crippen molar-refractivity contribution in [2.45, 2.75) is 20.5 Å². The van der Waals surface area contributed by atoms with E-state index in [-0.39, 0.29) is 5.97 Å². The van der Waals surface area contributed by atoms with Crippen LogP contribution in [0, 0.1) is 6.92 Å². The van der Waals surface area contributed by atoms with Crippen LogP contribution in [0.3, 0.4) is 0 Å². The molecule has 0 saturated heterocycles. The number of esters is 1. The van der Waals surface area contributed by atoms with Gasteiger partial charge >= 0.3 is 5.97 Å². The first-order valence-corrected chi connectivity index (χ1v) is 8.05. The molecule has 0 bridgehead atoms. The van der Waals surface area contributed by atoms with Crippen LogP contribution in [0.2, 0.25) is 0 Å². The average molecular weight is 320 g/mol. The Morgan fingerprint density at radius 3 is 2.54 bits per heavy atom. The molecular weight excluding hydrogens is 300 g/mol. The molecule has 0 aromatic heterocycles. The molecule has 24 heavy (non-hydrogen) atoms. The van der Waals surface area contributed by atoms with Gasteiger partial charge in [-0.2, -0.15) is 0 Å². The van der Waals surface area contributed by atoms with Gasteiger partial charge in [-0.3, -0.25) is 0 Å². The topological polar surface area (TPSA) is 35.5 Å². The van der Waals surface area contributed by atoms with E-state index in [4.69, 9.17) is 9.47 Å². The van der Waals surface area contributed by atoms with E-state index < -0.39 is 0 Å². The number of aryl methyl sites for hydroxylation is 1. The number of hydrogen-bond acceptors (Lipinski definition) is 3. The van der Waals surface area contributed by atoms with Gasteiger partial charge in [0.25, 0.3) is 0 Å². The second-order valence-corrected chi connectivity index (χ2v) is 5.67. The Bertz CT molecular complexity index is 854. The van der Waals surface area contributed by atoms with Gasteiger partial charge in [0.1, 0.15) is 12.4 Å². The molecule has 0 unspecified atom stereocenters. The summed E-state index contributed by atoms with van der Waals surface area (Å²) < 4.78 is 11.0. The Labute approximate surface area is 141 Å². The molecule has 0 N–H and O–H groups in total. The quantitative estimate of drug-likeness (QED) is 0.627. The lowest BCUT2D eigenvalue weighted by atomic mass is 10.0. The number of carbonyl (C=O) groups excluding carboxylic acids is 1. The predicted octanol–water partition coefficient (Wildman–Crippen LogP) is 4.90. The van der Waals surface area contributed by atoms with E-state index in [1.54, 1.807) is 6.92 Å². The van der Waals surface area contributed by atoms with Gasteiger partial charge in [-0.1, -0.05) is 36.4 Å². The van der Waals surface area contributed by atoms with Crippen molar-refractivity contribution in [3.8, 4) is 5.75 Å². The van der Waals surface area contributed by atoms with Gasteiger partial charge in [-0.05, 0) is 60.0 Å². The van der Waals surface area contributed by atoms with Gasteiger partial charge in [-0.15, -0.1) is 0 Å². The highest BCUT2D eigenvalue weighted by molar-refractivity contribution is 5.97. The molecule has 0 aliphatic heterocycles. The fourth-order valence-electron chi connectivity index (χ4n) is 2.70. The number of hydrogen-bond donors (Lipinski definition) is 0. The van der Waals surface area contributed by atoms with Gasteiger partial charge in [0.15, 0.2) is 0 Å². The molecular formula is C21H20O3. The highest BCUT2D eigenvalue weighted by Gasteiger charge is 2.10. The number of fused-ring (bicyclic) bond motifs is 1. The summed E-state index contributed by atoms with van der Waals surface area (Å²) in [5.41, 5.74) is 2.74. The van der Waals surface area contributed by atoms with Gasteiger partial charge in [0, 0.05) is 0 Å². The molecule has 3 aromatic rings. The van der Waals surface area contributed by atoms with Crippen LogP contribution < -0.4 is 4.74 Å². The summed E-state index contributed by atoms with van der Waals surface area (Å²) in [5, 5.41) is 2.08. The van der Waals surface area contributed by atoms with Crippen LogP contribution in [0.5, 0.6) is 5.75 Å². The van der Waals surface area contributed by atoms with Crippen molar-refractivity contribution in [2.24, 2.45) is 0 Å². The van der Waals surface area contributed by atoms with E-state index in [0.717, 1.165) is 27.6 Å². The average Bonchev–Trinajstić information content (AvgIpc) is 2.60. The van der Waals surface area contributed by atoms with E-state index in [1.165, 1.54) is 0 Å². The van der Waals surface area contributed by atoms with E-state index in [9.17, 15) is 4.79 Å². The minimum atomic E-state index is -0.293. The van der Waals surface area contributed by atoms with Gasteiger partial charge in [0.2, 0.25) is 0 Å². The van der Waals surface area contributed by atoms with Gasteiger partial charge in [0.05, 0.1) is 12.2 Å². The maximum atomic E-state index is 12.0. The van der Waals surface area contributed by atoms with Crippen LogP contribution in [-0.2, 0) is 11.3 Å². The fourth-order valence-corrected chi connectivity index (χ4v) is 2.70. The minimum Gasteiger partial charge on any atom is -0.489 e. The van der Waals surface area contributed by atoms with Crippen molar-refractivity contribution < 1.29 is 14.3 Å². The SMILES string of the molecule is CCOC(=O)c1cc(C)c2ccc(OCc3ccccc3)cc2c1. The third-order valence-electron chi connectivity index (χ3n) is 3.89. The number of ether oxygens (including phenoxy) is 2. The molecule has 0 aliphatic carbocycles. The molecule has 3 heteroatoms. The van der Waals surface area contributed by atoms with Gasteiger partial charge in [-0.25, -0.2) is 4.79 Å². The Balaban J connectivity index is 1.87. The molecule has 0 heterocycles. The highest BCUT2D eigenvalue weighted by Crippen LogP contribution is 2.26. The first-order valence-electron chi connectivity index (χ1n) is 8.05. The number of rotatable bonds is 5. The van der Waals surface area contributed by atoms with Crippen molar-refractivity contribution in [1.29, 1.82) is 0 Å². The summed E-state index contributed by atoms with van der Waals surface area (Å²) in [4.78, 5) is 12.0. The monoisotopic (exact) mass is 320 g/mol. The van der Waals surface area contributed by atoms with Crippen LogP contribution in [0.15, 0.2) is 60.7 Å². The van der Waals surface area contributed by atoms with Crippen molar-refractivity contribution in [2.75, 3.05) is 6.61 Å². The van der Waals surface area contributed by atoms with Crippen LogP contribution in [0.1, 0.15) is 28.4 Å². The normalized spacial score (nSPS) is 10.6. The zero-order valence-electron chi connectivity index (χ0n) is 13.9. The summed E-state index contributed by atoms with van der Waals surface area (Å²) in [7, 11) is 0. The molecule has 0 spiro atoms. The third-order valence-corrected chi connectivity index (χ3v) is 3.89. The van der Waals surface area contributed by atoms with Crippen LogP contribution in [-0.4, -0.2) is 12.6 Å². The largest absolute Gasteiger partial charge is 0.489 e. The Hall–Kier alpha value is -2.81. The maximum absolute atomic E-state index is 12.0. The Morgan fingerprint density at radius 1 is 1.00 bits per heavy atom. The first-order chi connectivity index (χ1) is 11.7. The molecule has 0 fully saturated rings. The molecule has 0 aliphatic rings. The van der Waals surface area contributed by atoms with Crippen LogP contribution in [0.25, 0.3) is 10.8 Å². The third kappa shape index (κ3) is 3.57. The molecule has 0 saturated carbocycles. The lowest BCUT2D eigenvalue weighted by molar-refractivity contribution is 0.0526. The Morgan fingerprint density at radius 2 is 1.79 bits per heavy atom. The molecule has 122 valence electrons. The molecule has 0 radical (unpaired) electrons. The van der Waals surface area contributed by atoms with Crippen molar-refractivity contribution in [1.82, 2.24) is 0 Å². The summed E-state index contributed by atoms with van der Waals surface area (Å²) in [5.74, 6) is 0.491. The van der Waals surface area contributed by atoms with E-state index in [2.05, 4.69) is 0 Å². The second kappa shape index (κ2) is 7.18. The van der Waals surface area contributed by atoms with E-state index >= 15 is 0 Å². The highest BCUT2D eigenvalue weighted by atomic mass is 16.5. The zero-order valence-corrected chi connectivity index (χ0v) is 13.9. The lowest BCUT2D eigenvalue weighted by Gasteiger charge is -2.10. The summed E-state index contributed by atoms with van der Waals surface area (Å²) >= 11 is 0. The first kappa shape index (κ1) is 16.1. The molecule has 3 nitrogen and oxygen atoms in total. The molecule has 0 amide bonds. The molecule has 3 aromatic carbocycles. The summed E-state index contributed by atoms with van der Waals surface area (Å²) in [6, 6.07) is 19.7. The fraction of sp³-hybridized carbons (Fsp3) is 0.190. The number of carbonyl (C=O) groups is 1. The smallest absolute Gasteiger partial charge is 0.338 e. The van der Waals surface area contributed by atoms with Crippen LogP contribution in [0.4, 0.5) is 0 Å². The van der Waals surface area contributed by atoms with E-state index in [1.807, 2.05) is 67.6 Å². The maximum Gasteiger partial charge on any atom is 0.338 e. The lowest BCUT2D eigenvalue weighted by Crippen LogP contribution is -2.05. The minimum absolute atomic E-state index is 0.293. The summed E-state index contributed by atoms with van der Waals surface area (Å²) in [6.07, 6.45) is 0. The second-order valence-electron chi connectivity index (χ2n) is 5.67. The van der Waals surface area contributed by atoms with Crippen LogP contribution >= 0.6 is 0 Å². The molecule has 0 atom stereocenters. The van der Waals surface area contributed by atoms with Crippen molar-refractivity contribution in [3.05, 3.63) is 77.4 Å². The zero-order chi connectivity index (χ0) is 16.9. The predicted molar refractivity (Wildman–Crippen MR) is 95.4 cm³/mol. The van der Waals surface area contributed by atoms with Crippen molar-refractivity contribution >= 4 is 16.7 Å². The van der Waals surface area contributed by atoms with Crippen molar-refractivity contribution in [3.63, 3.8) is 0 Å². The summed E-state index contributed by atoms with van der Waals surface area (Å²) in [6.45, 7) is 4.69. The standard InChI is InChI=1S/C21H20O3/c1-3-23-21(22)18-11-15(2)20-10-9-19(13-17(20)12-18)24-14-16-7-5-4-6-8-16/h4-13H,3,14H2,1-2H3. The number of benzene rings is 3. The molecule has 3 rings (SSSR count). The Kier molecular flexibility index (Phi) is 4.80. The van der Waals surface area contributed by atoms with Gasteiger partial charge < -0.3 is 9.47 Å².